The van der Waals surface area contributed by atoms with Crippen molar-refractivity contribution in [3.63, 3.8) is 0 Å². The predicted molar refractivity (Wildman–Crippen MR) is 178 cm³/mol. The Hall–Kier alpha value is -5.31. The van der Waals surface area contributed by atoms with Crippen molar-refractivity contribution < 1.29 is 0 Å². The maximum absolute atomic E-state index is 11.1. The number of fused-ring (bicyclic) bond motifs is 6. The molecule has 3 aromatic carbocycles. The van der Waals surface area contributed by atoms with Crippen LogP contribution in [0.2, 0.25) is 0 Å². The Balaban J connectivity index is 1.32. The number of hydrogen-bond acceptors (Lipinski definition) is 4. The Morgan fingerprint density at radius 2 is 1.73 bits per heavy atom. The summed E-state index contributed by atoms with van der Waals surface area (Å²) in [6.07, 6.45) is 16.6. The van der Waals surface area contributed by atoms with Crippen LogP contribution in [0.3, 0.4) is 0 Å². The van der Waals surface area contributed by atoms with Crippen molar-refractivity contribution in [1.82, 2.24) is 4.57 Å². The van der Waals surface area contributed by atoms with E-state index in [0.717, 1.165) is 41.0 Å². The number of benzene rings is 3. The van der Waals surface area contributed by atoms with E-state index in [-0.39, 0.29) is 29.3 Å². The molecule has 218 valence electrons. The maximum Gasteiger partial charge on any atom is 0.0991 e. The molecule has 0 amide bonds. The monoisotopic (exact) mass is 583 g/mol. The lowest BCUT2D eigenvalue weighted by Crippen LogP contribution is -2.40. The molecule has 1 fully saturated rings. The minimum atomic E-state index is -0.461. The van der Waals surface area contributed by atoms with E-state index in [2.05, 4.69) is 126 Å². The Morgan fingerprint density at radius 1 is 0.889 bits per heavy atom. The number of rotatable bonds is 3. The average molecular weight is 584 g/mol. The number of allylic oxidation sites excluding steroid dienone is 3. The van der Waals surface area contributed by atoms with Crippen molar-refractivity contribution in [2.75, 3.05) is 4.90 Å². The molecule has 0 spiro atoms. The van der Waals surface area contributed by atoms with E-state index in [4.69, 9.17) is 0 Å². The van der Waals surface area contributed by atoms with E-state index in [1.165, 1.54) is 16.5 Å². The van der Waals surface area contributed by atoms with Gasteiger partial charge in [-0.2, -0.15) is 15.8 Å². The van der Waals surface area contributed by atoms with Gasteiger partial charge in [-0.15, -0.1) is 0 Å². The minimum Gasteiger partial charge on any atom is -0.335 e. The fourth-order valence-corrected chi connectivity index (χ4v) is 8.77. The zero-order chi connectivity index (χ0) is 30.7. The van der Waals surface area contributed by atoms with Gasteiger partial charge < -0.3 is 9.47 Å². The van der Waals surface area contributed by atoms with E-state index in [0.29, 0.717) is 18.4 Å². The minimum absolute atomic E-state index is 0.0592. The van der Waals surface area contributed by atoms with Crippen LogP contribution >= 0.6 is 0 Å². The number of anilines is 2. The third-order valence-corrected chi connectivity index (χ3v) is 10.8. The van der Waals surface area contributed by atoms with Gasteiger partial charge in [-0.1, -0.05) is 66.8 Å². The van der Waals surface area contributed by atoms with Crippen LogP contribution in [0.25, 0.3) is 17.0 Å². The highest BCUT2D eigenvalue weighted by atomic mass is 15.2. The van der Waals surface area contributed by atoms with Gasteiger partial charge in [0.25, 0.3) is 0 Å². The van der Waals surface area contributed by atoms with Crippen LogP contribution in [0.1, 0.15) is 66.1 Å². The first kappa shape index (κ1) is 27.3. The van der Waals surface area contributed by atoms with Gasteiger partial charge in [0.2, 0.25) is 0 Å². The lowest BCUT2D eigenvalue weighted by molar-refractivity contribution is 0.211. The van der Waals surface area contributed by atoms with Crippen molar-refractivity contribution in [3.05, 3.63) is 125 Å². The Bertz CT molecular complexity index is 2070. The summed E-state index contributed by atoms with van der Waals surface area (Å²) in [6, 6.07) is 30.5. The van der Waals surface area contributed by atoms with Crippen LogP contribution in [0, 0.1) is 45.8 Å². The molecule has 0 bridgehead atoms. The molecule has 0 radical (unpaired) electrons. The molecule has 1 aromatic heterocycles. The van der Waals surface area contributed by atoms with Gasteiger partial charge >= 0.3 is 0 Å². The summed E-state index contributed by atoms with van der Waals surface area (Å²) in [4.78, 5) is 2.42. The second-order valence-electron chi connectivity index (χ2n) is 13.0. The summed E-state index contributed by atoms with van der Waals surface area (Å²) in [5.74, 6) is -0.914. The van der Waals surface area contributed by atoms with Crippen molar-refractivity contribution in [3.8, 4) is 18.2 Å². The molecule has 4 aromatic rings. The van der Waals surface area contributed by atoms with E-state index in [1.54, 1.807) is 0 Å². The van der Waals surface area contributed by atoms with E-state index >= 15 is 0 Å². The number of nitriles is 3. The first-order valence-electron chi connectivity index (χ1n) is 16.0. The van der Waals surface area contributed by atoms with Gasteiger partial charge in [-0.05, 0) is 85.7 Å². The zero-order valence-electron chi connectivity index (χ0n) is 25.3. The van der Waals surface area contributed by atoms with Crippen LogP contribution in [-0.4, -0.2) is 10.6 Å². The molecule has 5 nitrogen and oxygen atoms in total. The fraction of sp³-hybridized carbons (Fsp3) is 0.275. The van der Waals surface area contributed by atoms with Crippen LogP contribution < -0.4 is 4.90 Å². The van der Waals surface area contributed by atoms with Gasteiger partial charge in [-0.25, -0.2) is 0 Å². The highest BCUT2D eigenvalue weighted by Gasteiger charge is 2.49. The van der Waals surface area contributed by atoms with Gasteiger partial charge in [-0.3, -0.25) is 0 Å². The number of para-hydroxylation sites is 2. The topological polar surface area (TPSA) is 79.5 Å². The number of hydrogen-bond donors (Lipinski definition) is 0. The molecule has 2 heterocycles. The summed E-state index contributed by atoms with van der Waals surface area (Å²) in [7, 11) is 0. The molecule has 0 saturated heterocycles. The van der Waals surface area contributed by atoms with Crippen LogP contribution in [0.5, 0.6) is 0 Å². The van der Waals surface area contributed by atoms with Crippen molar-refractivity contribution in [2.45, 2.75) is 56.0 Å². The predicted octanol–water partition coefficient (Wildman–Crippen LogP) is 8.77. The first-order chi connectivity index (χ1) is 22.1. The van der Waals surface area contributed by atoms with Gasteiger partial charge in [0.1, 0.15) is 0 Å². The van der Waals surface area contributed by atoms with Crippen LogP contribution in [0.15, 0.2) is 97.1 Å². The Morgan fingerprint density at radius 3 is 2.58 bits per heavy atom. The lowest BCUT2D eigenvalue weighted by Gasteiger charge is -2.42. The highest BCUT2D eigenvalue weighted by molar-refractivity contribution is 5.89. The van der Waals surface area contributed by atoms with Crippen LogP contribution in [-0.2, 0) is 11.8 Å². The molecule has 1 saturated carbocycles. The van der Waals surface area contributed by atoms with Gasteiger partial charge in [0.05, 0.1) is 47.7 Å². The molecular formula is C40H33N5. The number of aromatic nitrogens is 1. The van der Waals surface area contributed by atoms with Crippen LogP contribution in [0.4, 0.5) is 11.4 Å². The largest absolute Gasteiger partial charge is 0.335 e. The standard InChI is InChI=1S/C40H33N5/c1-40-21-9-8-16-38(40)44(37-15-7-4-12-33(37)40)36-20-17-26(23-41)22-31(36)28-19-18-27(24-42)39(32(28)25-43)45-34-13-5-2-10-29(34)30-11-3-6-14-35(30)45/h2,4-10,12-17,20-22,27-28,32,38-39H,3,11,18-19H2,1H3. The van der Waals surface area contributed by atoms with E-state index in [1.807, 2.05) is 12.1 Å². The Kier molecular flexibility index (Phi) is 6.30. The third-order valence-electron chi connectivity index (χ3n) is 10.8. The first-order valence-corrected chi connectivity index (χ1v) is 16.0. The smallest absolute Gasteiger partial charge is 0.0991 e. The maximum atomic E-state index is 11.1. The third kappa shape index (κ3) is 3.89. The second-order valence-corrected chi connectivity index (χ2v) is 13.0. The van der Waals surface area contributed by atoms with E-state index in [9.17, 15) is 15.8 Å². The molecule has 0 N–H and O–H groups in total. The molecule has 4 aliphatic rings. The van der Waals surface area contributed by atoms with Crippen molar-refractivity contribution in [2.24, 2.45) is 11.8 Å². The summed E-state index contributed by atoms with van der Waals surface area (Å²) in [5.41, 5.74) is 8.38. The summed E-state index contributed by atoms with van der Waals surface area (Å²) < 4.78 is 2.32. The lowest BCUT2D eigenvalue weighted by atomic mass is 9.68. The molecule has 6 atom stereocenters. The molecule has 3 aliphatic carbocycles. The summed E-state index contributed by atoms with van der Waals surface area (Å²) >= 11 is 0. The molecule has 45 heavy (non-hydrogen) atoms. The van der Waals surface area contributed by atoms with Gasteiger partial charge in [0, 0.05) is 39.3 Å². The number of nitrogens with zero attached hydrogens (tertiary/aromatic N) is 5. The molecule has 5 heteroatoms. The highest BCUT2D eigenvalue weighted by Crippen LogP contribution is 2.55. The Labute approximate surface area is 264 Å². The second kappa shape index (κ2) is 10.4. The zero-order valence-corrected chi connectivity index (χ0v) is 25.3. The quantitative estimate of drug-likeness (QED) is 0.241. The van der Waals surface area contributed by atoms with Crippen molar-refractivity contribution >= 4 is 28.4 Å². The molecule has 1 aliphatic heterocycles. The SMILES string of the molecule is CC12C=CC=CC1N(c1ccc(C#N)cc1C1CCC(C#N)C(n3c4c(c5ccccc53)CCC=C4)C1C#N)c1ccccc12. The summed E-state index contributed by atoms with van der Waals surface area (Å²) in [5, 5.41) is 32.9. The molecule has 6 unspecified atom stereocenters. The van der Waals surface area contributed by atoms with Crippen molar-refractivity contribution in [1.29, 1.82) is 15.8 Å². The van der Waals surface area contributed by atoms with E-state index < -0.39 is 5.92 Å². The average Bonchev–Trinajstić information content (AvgIpc) is 3.56. The normalized spacial score (nSPS) is 27.7. The molecular weight excluding hydrogens is 550 g/mol. The fourth-order valence-electron chi connectivity index (χ4n) is 8.77. The summed E-state index contributed by atoms with van der Waals surface area (Å²) in [6.45, 7) is 2.29. The molecule has 8 rings (SSSR count). The van der Waals surface area contributed by atoms with Gasteiger partial charge in [0.15, 0.2) is 0 Å². The number of aryl methyl sites for hydroxylation is 1.